The molecular formula is C13H17F3N2O. The molecule has 0 aromatic heterocycles. The molecule has 106 valence electrons. The van der Waals surface area contributed by atoms with E-state index in [-0.39, 0.29) is 5.75 Å². The SMILES string of the molecule is FC(F)(F)Oc1ccc(NC2CCCNCC2)cc1. The Bertz CT molecular complexity index is 384. The van der Waals surface area contributed by atoms with Crippen LogP contribution in [0.25, 0.3) is 0 Å². The van der Waals surface area contributed by atoms with Gasteiger partial charge in [-0.3, -0.25) is 0 Å². The van der Waals surface area contributed by atoms with Gasteiger partial charge in [0, 0.05) is 11.7 Å². The Morgan fingerprint density at radius 1 is 1.11 bits per heavy atom. The summed E-state index contributed by atoms with van der Waals surface area (Å²) in [5.74, 6) is -0.194. The van der Waals surface area contributed by atoms with Gasteiger partial charge in [-0.2, -0.15) is 0 Å². The van der Waals surface area contributed by atoms with Gasteiger partial charge in [0.2, 0.25) is 0 Å². The van der Waals surface area contributed by atoms with Gasteiger partial charge >= 0.3 is 6.36 Å². The maximum absolute atomic E-state index is 12.0. The molecule has 0 saturated carbocycles. The fraction of sp³-hybridized carbons (Fsp3) is 0.538. The molecule has 1 heterocycles. The Hall–Kier alpha value is -1.43. The third kappa shape index (κ3) is 4.98. The molecule has 2 rings (SSSR count). The van der Waals surface area contributed by atoms with E-state index >= 15 is 0 Å². The lowest BCUT2D eigenvalue weighted by molar-refractivity contribution is -0.274. The Kier molecular flexibility index (Phi) is 4.52. The number of benzene rings is 1. The van der Waals surface area contributed by atoms with Crippen molar-refractivity contribution in [3.63, 3.8) is 0 Å². The van der Waals surface area contributed by atoms with Gasteiger partial charge in [-0.15, -0.1) is 13.2 Å². The molecule has 0 amide bonds. The fourth-order valence-corrected chi connectivity index (χ4v) is 2.15. The van der Waals surface area contributed by atoms with Crippen molar-refractivity contribution >= 4 is 5.69 Å². The van der Waals surface area contributed by atoms with Crippen molar-refractivity contribution in [1.82, 2.24) is 5.32 Å². The summed E-state index contributed by atoms with van der Waals surface area (Å²) < 4.78 is 39.9. The smallest absolute Gasteiger partial charge is 0.406 e. The monoisotopic (exact) mass is 274 g/mol. The van der Waals surface area contributed by atoms with E-state index in [1.54, 1.807) is 12.1 Å². The Balaban J connectivity index is 1.90. The van der Waals surface area contributed by atoms with Crippen molar-refractivity contribution in [3.05, 3.63) is 24.3 Å². The van der Waals surface area contributed by atoms with Crippen LogP contribution < -0.4 is 15.4 Å². The molecule has 2 N–H and O–H groups in total. The molecule has 0 spiro atoms. The summed E-state index contributed by atoms with van der Waals surface area (Å²) in [4.78, 5) is 0. The first-order valence-electron chi connectivity index (χ1n) is 6.36. The zero-order valence-electron chi connectivity index (χ0n) is 10.5. The van der Waals surface area contributed by atoms with Crippen LogP contribution in [-0.4, -0.2) is 25.5 Å². The van der Waals surface area contributed by atoms with E-state index in [2.05, 4.69) is 15.4 Å². The standard InChI is InChI=1S/C13H17F3N2O/c14-13(15,16)19-12-5-3-11(4-6-12)18-10-2-1-8-17-9-7-10/h3-6,10,17-18H,1-2,7-9H2. The van der Waals surface area contributed by atoms with Crippen molar-refractivity contribution in [2.24, 2.45) is 0 Å². The van der Waals surface area contributed by atoms with E-state index in [9.17, 15) is 13.2 Å². The third-order valence-corrected chi connectivity index (χ3v) is 3.03. The number of ether oxygens (including phenoxy) is 1. The molecule has 1 aliphatic heterocycles. The number of rotatable bonds is 3. The van der Waals surface area contributed by atoms with Crippen LogP contribution in [0.5, 0.6) is 5.75 Å². The molecule has 1 unspecified atom stereocenters. The Morgan fingerprint density at radius 3 is 2.53 bits per heavy atom. The first-order chi connectivity index (χ1) is 9.03. The van der Waals surface area contributed by atoms with Crippen molar-refractivity contribution in [2.75, 3.05) is 18.4 Å². The molecule has 1 aliphatic rings. The molecule has 3 nitrogen and oxygen atoms in total. The van der Waals surface area contributed by atoms with Crippen LogP contribution >= 0.6 is 0 Å². The van der Waals surface area contributed by atoms with E-state index < -0.39 is 6.36 Å². The van der Waals surface area contributed by atoms with Gasteiger partial charge in [0.05, 0.1) is 0 Å². The first kappa shape index (κ1) is 14.0. The summed E-state index contributed by atoms with van der Waals surface area (Å²) in [5, 5.41) is 6.65. The lowest BCUT2D eigenvalue weighted by Crippen LogP contribution is -2.21. The molecule has 1 saturated heterocycles. The second kappa shape index (κ2) is 6.14. The minimum atomic E-state index is -4.64. The molecule has 1 aromatic carbocycles. The van der Waals surface area contributed by atoms with Gasteiger partial charge in [-0.1, -0.05) is 0 Å². The molecular weight excluding hydrogens is 257 g/mol. The Morgan fingerprint density at radius 2 is 1.84 bits per heavy atom. The minimum Gasteiger partial charge on any atom is -0.406 e. The van der Waals surface area contributed by atoms with Gasteiger partial charge in [0.25, 0.3) is 0 Å². The van der Waals surface area contributed by atoms with Crippen molar-refractivity contribution < 1.29 is 17.9 Å². The molecule has 1 atom stereocenters. The maximum atomic E-state index is 12.0. The summed E-state index contributed by atoms with van der Waals surface area (Å²) in [6.07, 6.45) is -1.45. The molecule has 0 radical (unpaired) electrons. The molecule has 1 fully saturated rings. The van der Waals surface area contributed by atoms with Crippen LogP contribution in [0.15, 0.2) is 24.3 Å². The van der Waals surface area contributed by atoms with Crippen molar-refractivity contribution in [3.8, 4) is 5.75 Å². The predicted octanol–water partition coefficient (Wildman–Crippen LogP) is 3.14. The molecule has 19 heavy (non-hydrogen) atoms. The second-order valence-corrected chi connectivity index (χ2v) is 4.59. The number of nitrogens with one attached hydrogen (secondary N) is 2. The number of anilines is 1. The maximum Gasteiger partial charge on any atom is 0.573 e. The average molecular weight is 274 g/mol. The first-order valence-corrected chi connectivity index (χ1v) is 6.36. The third-order valence-electron chi connectivity index (χ3n) is 3.03. The molecule has 0 bridgehead atoms. The highest BCUT2D eigenvalue weighted by molar-refractivity contribution is 5.47. The van der Waals surface area contributed by atoms with Crippen LogP contribution in [0.1, 0.15) is 19.3 Å². The van der Waals surface area contributed by atoms with E-state index in [1.807, 2.05) is 0 Å². The molecule has 6 heteroatoms. The molecule has 0 aliphatic carbocycles. The summed E-state index contributed by atoms with van der Waals surface area (Å²) in [7, 11) is 0. The zero-order valence-corrected chi connectivity index (χ0v) is 10.5. The number of hydrogen-bond acceptors (Lipinski definition) is 3. The second-order valence-electron chi connectivity index (χ2n) is 4.59. The topological polar surface area (TPSA) is 33.3 Å². The van der Waals surface area contributed by atoms with Crippen molar-refractivity contribution in [1.29, 1.82) is 0 Å². The highest BCUT2D eigenvalue weighted by Crippen LogP contribution is 2.24. The highest BCUT2D eigenvalue weighted by atomic mass is 19.4. The van der Waals surface area contributed by atoms with Crippen LogP contribution in [0, 0.1) is 0 Å². The van der Waals surface area contributed by atoms with Crippen molar-refractivity contribution in [2.45, 2.75) is 31.7 Å². The normalized spacial score (nSPS) is 20.7. The quantitative estimate of drug-likeness (QED) is 0.888. The van der Waals surface area contributed by atoms with Crippen LogP contribution in [0.3, 0.4) is 0 Å². The van der Waals surface area contributed by atoms with Gasteiger partial charge in [-0.25, -0.2) is 0 Å². The largest absolute Gasteiger partial charge is 0.573 e. The predicted molar refractivity (Wildman–Crippen MR) is 67.3 cm³/mol. The lowest BCUT2D eigenvalue weighted by atomic mass is 10.1. The lowest BCUT2D eigenvalue weighted by Gasteiger charge is -2.17. The van der Waals surface area contributed by atoms with E-state index in [1.165, 1.54) is 12.1 Å². The van der Waals surface area contributed by atoms with E-state index in [0.29, 0.717) is 6.04 Å². The summed E-state index contributed by atoms with van der Waals surface area (Å²) >= 11 is 0. The summed E-state index contributed by atoms with van der Waals surface area (Å²) in [5.41, 5.74) is 0.821. The number of hydrogen-bond donors (Lipinski definition) is 2. The highest BCUT2D eigenvalue weighted by Gasteiger charge is 2.30. The summed E-state index contributed by atoms with van der Waals surface area (Å²) in [6, 6.07) is 6.23. The summed E-state index contributed by atoms with van der Waals surface area (Å²) in [6.45, 7) is 1.99. The van der Waals surface area contributed by atoms with Crippen LogP contribution in [-0.2, 0) is 0 Å². The van der Waals surface area contributed by atoms with E-state index in [4.69, 9.17) is 0 Å². The number of alkyl halides is 3. The van der Waals surface area contributed by atoms with E-state index in [0.717, 1.165) is 38.0 Å². The van der Waals surface area contributed by atoms with Gasteiger partial charge in [-0.05, 0) is 56.6 Å². The van der Waals surface area contributed by atoms with Crippen LogP contribution in [0.4, 0.5) is 18.9 Å². The Labute approximate surface area is 110 Å². The minimum absolute atomic E-state index is 0.194. The van der Waals surface area contributed by atoms with Gasteiger partial charge in [0.1, 0.15) is 5.75 Å². The van der Waals surface area contributed by atoms with Crippen LogP contribution in [0.2, 0.25) is 0 Å². The zero-order chi connectivity index (χ0) is 13.7. The van der Waals surface area contributed by atoms with Gasteiger partial charge in [0.15, 0.2) is 0 Å². The average Bonchev–Trinajstić information content (AvgIpc) is 2.58. The number of halogens is 3. The fourth-order valence-electron chi connectivity index (χ4n) is 2.15. The molecule has 1 aromatic rings. The van der Waals surface area contributed by atoms with Gasteiger partial charge < -0.3 is 15.4 Å².